The number of hydrogen-bond donors (Lipinski definition) is 1. The zero-order valence-corrected chi connectivity index (χ0v) is 9.52. The van der Waals surface area contributed by atoms with Gasteiger partial charge in [0.25, 0.3) is 5.91 Å². The minimum absolute atomic E-state index is 0.366. The van der Waals surface area contributed by atoms with Crippen LogP contribution in [0.5, 0.6) is 0 Å². The number of rotatable bonds is 2. The van der Waals surface area contributed by atoms with E-state index in [1.165, 1.54) is 6.42 Å². The van der Waals surface area contributed by atoms with Crippen LogP contribution in [0, 0.1) is 0 Å². The highest BCUT2D eigenvalue weighted by atomic mass is 16.1. The van der Waals surface area contributed by atoms with Crippen LogP contribution < -0.4 is 5.73 Å². The molecule has 0 unspecified atom stereocenters. The van der Waals surface area contributed by atoms with E-state index in [9.17, 15) is 4.79 Å². The summed E-state index contributed by atoms with van der Waals surface area (Å²) in [6, 6.07) is 5.51. The highest BCUT2D eigenvalue weighted by Crippen LogP contribution is 2.24. The number of amides is 1. The first-order valence-corrected chi connectivity index (χ1v) is 5.62. The molecule has 1 atom stereocenters. The van der Waals surface area contributed by atoms with Crippen molar-refractivity contribution in [1.29, 1.82) is 0 Å². The summed E-state index contributed by atoms with van der Waals surface area (Å²) < 4.78 is 0. The van der Waals surface area contributed by atoms with E-state index in [1.807, 2.05) is 12.1 Å². The second-order valence-corrected chi connectivity index (χ2v) is 4.41. The zero-order valence-electron chi connectivity index (χ0n) is 9.52. The molecule has 0 radical (unpaired) electrons. The molecule has 86 valence electrons. The van der Waals surface area contributed by atoms with Crippen LogP contribution in [0.2, 0.25) is 0 Å². The summed E-state index contributed by atoms with van der Waals surface area (Å²) in [6.45, 7) is 2.15. The van der Waals surface area contributed by atoms with Gasteiger partial charge in [-0.3, -0.25) is 4.79 Å². The third-order valence-electron chi connectivity index (χ3n) is 3.07. The monoisotopic (exact) mass is 219 g/mol. The summed E-state index contributed by atoms with van der Waals surface area (Å²) in [5, 5.41) is 0. The Morgan fingerprint density at radius 1 is 1.56 bits per heavy atom. The van der Waals surface area contributed by atoms with Crippen molar-refractivity contribution >= 4 is 5.91 Å². The number of nitrogens with zero attached hydrogens (tertiary/aromatic N) is 2. The SMILES string of the molecule is CN1CCC[C@H](c2cccc(C(N)=O)n2)C1. The highest BCUT2D eigenvalue weighted by Gasteiger charge is 2.20. The van der Waals surface area contributed by atoms with Crippen LogP contribution in [0.3, 0.4) is 0 Å². The Kier molecular flexibility index (Phi) is 3.19. The molecule has 0 aliphatic carbocycles. The lowest BCUT2D eigenvalue weighted by Crippen LogP contribution is -2.31. The van der Waals surface area contributed by atoms with E-state index >= 15 is 0 Å². The van der Waals surface area contributed by atoms with Crippen molar-refractivity contribution < 1.29 is 4.79 Å². The van der Waals surface area contributed by atoms with Crippen molar-refractivity contribution in [3.8, 4) is 0 Å². The molecule has 1 saturated heterocycles. The first kappa shape index (κ1) is 11.1. The largest absolute Gasteiger partial charge is 0.364 e. The van der Waals surface area contributed by atoms with Crippen molar-refractivity contribution in [3.63, 3.8) is 0 Å². The molecule has 1 fully saturated rings. The molecule has 0 spiro atoms. The molecule has 1 aromatic heterocycles. The van der Waals surface area contributed by atoms with E-state index in [-0.39, 0.29) is 0 Å². The predicted molar refractivity (Wildman–Crippen MR) is 62.2 cm³/mol. The van der Waals surface area contributed by atoms with Gasteiger partial charge in [-0.25, -0.2) is 4.98 Å². The average molecular weight is 219 g/mol. The number of piperidine rings is 1. The summed E-state index contributed by atoms with van der Waals surface area (Å²) in [5.41, 5.74) is 6.58. The molecule has 4 heteroatoms. The van der Waals surface area contributed by atoms with Gasteiger partial charge < -0.3 is 10.6 Å². The van der Waals surface area contributed by atoms with Crippen molar-refractivity contribution in [1.82, 2.24) is 9.88 Å². The Bertz CT molecular complexity index is 392. The number of carbonyl (C=O) groups is 1. The summed E-state index contributed by atoms with van der Waals surface area (Å²) in [6.07, 6.45) is 2.32. The quantitative estimate of drug-likeness (QED) is 0.807. The normalized spacial score (nSPS) is 21.9. The van der Waals surface area contributed by atoms with E-state index in [0.29, 0.717) is 11.6 Å². The second-order valence-electron chi connectivity index (χ2n) is 4.41. The minimum atomic E-state index is -0.453. The number of aromatic nitrogens is 1. The molecule has 1 aromatic rings. The van der Waals surface area contributed by atoms with Gasteiger partial charge in [0.05, 0.1) is 0 Å². The molecule has 2 heterocycles. The van der Waals surface area contributed by atoms with Crippen LogP contribution in [0.25, 0.3) is 0 Å². The van der Waals surface area contributed by atoms with E-state index in [2.05, 4.69) is 16.9 Å². The van der Waals surface area contributed by atoms with E-state index in [0.717, 1.165) is 25.2 Å². The average Bonchev–Trinajstić information content (AvgIpc) is 2.29. The Morgan fingerprint density at radius 2 is 2.38 bits per heavy atom. The van der Waals surface area contributed by atoms with E-state index < -0.39 is 5.91 Å². The predicted octanol–water partition coefficient (Wildman–Crippen LogP) is 0.990. The van der Waals surface area contributed by atoms with Crippen LogP contribution in [0.15, 0.2) is 18.2 Å². The van der Waals surface area contributed by atoms with Gasteiger partial charge in [-0.2, -0.15) is 0 Å². The molecule has 2 N–H and O–H groups in total. The molecule has 1 amide bonds. The smallest absolute Gasteiger partial charge is 0.267 e. The lowest BCUT2D eigenvalue weighted by atomic mass is 9.94. The summed E-state index contributed by atoms with van der Waals surface area (Å²) >= 11 is 0. The fraction of sp³-hybridized carbons (Fsp3) is 0.500. The Labute approximate surface area is 95.5 Å². The molecule has 0 aromatic carbocycles. The van der Waals surface area contributed by atoms with Gasteiger partial charge in [0.2, 0.25) is 0 Å². The standard InChI is InChI=1S/C12H17N3O/c1-15-7-3-4-9(8-15)10-5-2-6-11(14-10)12(13)16/h2,5-6,9H,3-4,7-8H2,1H3,(H2,13,16)/t9-/m0/s1. The Balaban J connectivity index is 2.19. The first-order valence-electron chi connectivity index (χ1n) is 5.62. The Hall–Kier alpha value is -1.42. The van der Waals surface area contributed by atoms with E-state index in [1.54, 1.807) is 6.07 Å². The van der Waals surface area contributed by atoms with Crippen LogP contribution in [0.1, 0.15) is 34.9 Å². The third-order valence-corrected chi connectivity index (χ3v) is 3.07. The molecule has 1 aliphatic heterocycles. The lowest BCUT2D eigenvalue weighted by Gasteiger charge is -2.29. The number of likely N-dealkylation sites (N-methyl/N-ethyl adjacent to an activating group) is 1. The van der Waals surface area contributed by atoms with Crippen molar-refractivity contribution in [2.75, 3.05) is 20.1 Å². The summed E-state index contributed by atoms with van der Waals surface area (Å²) in [5.74, 6) is -0.0240. The van der Waals surface area contributed by atoms with Crippen molar-refractivity contribution in [2.45, 2.75) is 18.8 Å². The molecule has 0 bridgehead atoms. The molecule has 4 nitrogen and oxygen atoms in total. The van der Waals surface area contributed by atoms with E-state index in [4.69, 9.17) is 5.73 Å². The first-order chi connectivity index (χ1) is 7.66. The summed E-state index contributed by atoms with van der Waals surface area (Å²) in [4.78, 5) is 17.7. The van der Waals surface area contributed by atoms with Gasteiger partial charge in [-0.05, 0) is 38.6 Å². The molecule has 0 saturated carbocycles. The maximum atomic E-state index is 11.0. The number of likely N-dealkylation sites (tertiary alicyclic amines) is 1. The third kappa shape index (κ3) is 2.39. The van der Waals surface area contributed by atoms with Gasteiger partial charge in [0.15, 0.2) is 0 Å². The minimum Gasteiger partial charge on any atom is -0.364 e. The van der Waals surface area contributed by atoms with Crippen LogP contribution in [-0.2, 0) is 0 Å². The number of primary amides is 1. The van der Waals surface area contributed by atoms with Gasteiger partial charge >= 0.3 is 0 Å². The Morgan fingerprint density at radius 3 is 3.06 bits per heavy atom. The number of carbonyl (C=O) groups excluding carboxylic acids is 1. The second kappa shape index (κ2) is 4.61. The molecular formula is C12H17N3O. The lowest BCUT2D eigenvalue weighted by molar-refractivity contribution is 0.0995. The van der Waals surface area contributed by atoms with Gasteiger partial charge in [0, 0.05) is 18.2 Å². The topological polar surface area (TPSA) is 59.2 Å². The van der Waals surface area contributed by atoms with Gasteiger partial charge in [-0.15, -0.1) is 0 Å². The fourth-order valence-corrected chi connectivity index (χ4v) is 2.22. The number of nitrogens with two attached hydrogens (primary N) is 1. The molecule has 2 rings (SSSR count). The van der Waals surface area contributed by atoms with Crippen LogP contribution >= 0.6 is 0 Å². The van der Waals surface area contributed by atoms with Crippen LogP contribution in [0.4, 0.5) is 0 Å². The highest BCUT2D eigenvalue weighted by molar-refractivity contribution is 5.90. The number of pyridine rings is 1. The summed E-state index contributed by atoms with van der Waals surface area (Å²) in [7, 11) is 2.12. The molecule has 1 aliphatic rings. The molecular weight excluding hydrogens is 202 g/mol. The zero-order chi connectivity index (χ0) is 11.5. The van der Waals surface area contributed by atoms with Gasteiger partial charge in [0.1, 0.15) is 5.69 Å². The van der Waals surface area contributed by atoms with Crippen molar-refractivity contribution in [3.05, 3.63) is 29.6 Å². The maximum Gasteiger partial charge on any atom is 0.267 e. The van der Waals surface area contributed by atoms with Crippen molar-refractivity contribution in [2.24, 2.45) is 5.73 Å². The maximum absolute atomic E-state index is 11.0. The van der Waals surface area contributed by atoms with Crippen LogP contribution in [-0.4, -0.2) is 35.9 Å². The fourth-order valence-electron chi connectivity index (χ4n) is 2.22. The molecule has 16 heavy (non-hydrogen) atoms. The number of hydrogen-bond acceptors (Lipinski definition) is 3. The van der Waals surface area contributed by atoms with Gasteiger partial charge in [-0.1, -0.05) is 6.07 Å².